The number of hydrogen-bond acceptors (Lipinski definition) is 4. The maximum Gasteiger partial charge on any atom is 0.277 e. The number of hydrogen-bond donors (Lipinski definition) is 0. The lowest BCUT2D eigenvalue weighted by Gasteiger charge is -2.12. The highest BCUT2D eigenvalue weighted by molar-refractivity contribution is 5.96. The molecule has 26 heavy (non-hydrogen) atoms. The van der Waals surface area contributed by atoms with Gasteiger partial charge in [0.15, 0.2) is 5.76 Å². The summed E-state index contributed by atoms with van der Waals surface area (Å²) < 4.78 is 5.79. The molecule has 0 saturated heterocycles. The predicted molar refractivity (Wildman–Crippen MR) is 101 cm³/mol. The fraction of sp³-hybridized carbons (Fsp3) is 0. The van der Waals surface area contributed by atoms with Crippen LogP contribution >= 0.6 is 0 Å². The van der Waals surface area contributed by atoms with E-state index in [1.165, 1.54) is 6.07 Å². The summed E-state index contributed by atoms with van der Waals surface area (Å²) in [5.41, 5.74) is 2.58. The SMILES string of the molecule is O=[N+]([O-])c1ccccc1C1=C(c2ccc3ccccc3n2)OC=CC=C1. The number of para-hydroxylation sites is 2. The Morgan fingerprint density at radius 1 is 0.923 bits per heavy atom. The van der Waals surface area contributed by atoms with Gasteiger partial charge in [0.1, 0.15) is 5.69 Å². The number of nitro groups is 1. The lowest BCUT2D eigenvalue weighted by atomic mass is 10.0. The zero-order chi connectivity index (χ0) is 17.9. The van der Waals surface area contributed by atoms with Gasteiger partial charge in [0.2, 0.25) is 0 Å². The van der Waals surface area contributed by atoms with E-state index in [4.69, 9.17) is 4.74 Å². The summed E-state index contributed by atoms with van der Waals surface area (Å²) in [6.07, 6.45) is 6.88. The smallest absolute Gasteiger partial charge is 0.277 e. The third kappa shape index (κ3) is 2.86. The van der Waals surface area contributed by atoms with Crippen molar-refractivity contribution in [2.45, 2.75) is 0 Å². The number of fused-ring (bicyclic) bond motifs is 1. The molecule has 2 heterocycles. The van der Waals surface area contributed by atoms with Crippen LogP contribution in [0.4, 0.5) is 5.69 Å². The van der Waals surface area contributed by atoms with Gasteiger partial charge in [-0.3, -0.25) is 10.1 Å². The molecule has 0 amide bonds. The monoisotopic (exact) mass is 342 g/mol. The molecule has 1 aliphatic rings. The van der Waals surface area contributed by atoms with Crippen LogP contribution < -0.4 is 0 Å². The molecule has 4 rings (SSSR count). The Hall–Kier alpha value is -3.73. The average molecular weight is 342 g/mol. The van der Waals surface area contributed by atoms with E-state index < -0.39 is 0 Å². The Morgan fingerprint density at radius 3 is 2.62 bits per heavy atom. The van der Waals surface area contributed by atoms with E-state index in [9.17, 15) is 10.1 Å². The van der Waals surface area contributed by atoms with Gasteiger partial charge in [0, 0.05) is 17.0 Å². The Labute approximate surface area is 149 Å². The topological polar surface area (TPSA) is 65.3 Å². The molecule has 0 spiro atoms. The molecule has 126 valence electrons. The molecule has 0 saturated carbocycles. The molecule has 1 aromatic heterocycles. The highest BCUT2D eigenvalue weighted by Crippen LogP contribution is 2.34. The molecule has 0 atom stereocenters. The Kier molecular flexibility index (Phi) is 4.03. The van der Waals surface area contributed by atoms with Crippen LogP contribution in [0.1, 0.15) is 11.3 Å². The number of allylic oxidation sites excluding steroid dienone is 4. The molecule has 5 nitrogen and oxygen atoms in total. The van der Waals surface area contributed by atoms with Gasteiger partial charge in [0.25, 0.3) is 5.69 Å². The minimum Gasteiger partial charge on any atom is -0.462 e. The number of pyridine rings is 1. The molecule has 2 aromatic carbocycles. The van der Waals surface area contributed by atoms with E-state index >= 15 is 0 Å². The molecule has 0 fully saturated rings. The molecule has 0 aliphatic carbocycles. The molecule has 1 aliphatic heterocycles. The second-order valence-corrected chi connectivity index (χ2v) is 5.71. The van der Waals surface area contributed by atoms with E-state index in [2.05, 4.69) is 4.98 Å². The molecule has 5 heteroatoms. The van der Waals surface area contributed by atoms with Crippen molar-refractivity contribution in [3.8, 4) is 0 Å². The average Bonchev–Trinajstić information content (AvgIpc) is 2.93. The summed E-state index contributed by atoms with van der Waals surface area (Å²) in [6, 6.07) is 18.2. The van der Waals surface area contributed by atoms with Crippen LogP contribution in [0.25, 0.3) is 22.2 Å². The van der Waals surface area contributed by atoms with E-state index in [0.29, 0.717) is 22.6 Å². The maximum atomic E-state index is 11.5. The number of nitrogens with zero attached hydrogens (tertiary/aromatic N) is 2. The summed E-state index contributed by atoms with van der Waals surface area (Å²) in [7, 11) is 0. The van der Waals surface area contributed by atoms with Crippen molar-refractivity contribution >= 4 is 27.9 Å². The van der Waals surface area contributed by atoms with Gasteiger partial charge in [-0.05, 0) is 24.3 Å². The Bertz CT molecular complexity index is 1100. The standard InChI is InChI=1S/C21H14N2O3/c24-23(25)20-11-4-2-8-16(20)17-9-5-6-14-26-21(17)19-13-12-15-7-1-3-10-18(15)22-19/h1-14H. The largest absolute Gasteiger partial charge is 0.462 e. The van der Waals surface area contributed by atoms with Crippen molar-refractivity contribution in [2.75, 3.05) is 0 Å². The summed E-state index contributed by atoms with van der Waals surface area (Å²) in [6.45, 7) is 0. The van der Waals surface area contributed by atoms with Crippen molar-refractivity contribution in [1.29, 1.82) is 0 Å². The number of benzene rings is 2. The molecular formula is C21H14N2O3. The van der Waals surface area contributed by atoms with Crippen LogP contribution in [0.2, 0.25) is 0 Å². The van der Waals surface area contributed by atoms with Crippen molar-refractivity contribution in [3.63, 3.8) is 0 Å². The van der Waals surface area contributed by atoms with Gasteiger partial charge in [-0.2, -0.15) is 0 Å². The van der Waals surface area contributed by atoms with Gasteiger partial charge in [0.05, 0.1) is 22.3 Å². The van der Waals surface area contributed by atoms with Gasteiger partial charge in [-0.25, -0.2) is 4.98 Å². The first-order chi connectivity index (χ1) is 12.7. The van der Waals surface area contributed by atoms with Crippen LogP contribution in [0.15, 0.2) is 85.2 Å². The van der Waals surface area contributed by atoms with E-state index in [1.54, 1.807) is 42.7 Å². The van der Waals surface area contributed by atoms with Crippen molar-refractivity contribution in [3.05, 3.63) is 107 Å². The van der Waals surface area contributed by atoms with E-state index in [1.807, 2.05) is 36.4 Å². The second kappa shape index (κ2) is 6.64. The normalized spacial score (nSPS) is 13.5. The van der Waals surface area contributed by atoms with Crippen LogP contribution in [0.5, 0.6) is 0 Å². The lowest BCUT2D eigenvalue weighted by Crippen LogP contribution is -1.99. The van der Waals surface area contributed by atoms with Gasteiger partial charge < -0.3 is 4.74 Å². The summed E-state index contributed by atoms with van der Waals surface area (Å²) in [5, 5.41) is 12.5. The first-order valence-corrected chi connectivity index (χ1v) is 8.08. The molecule has 3 aromatic rings. The number of aromatic nitrogens is 1. The van der Waals surface area contributed by atoms with E-state index in [0.717, 1.165) is 10.9 Å². The zero-order valence-electron chi connectivity index (χ0n) is 13.7. The highest BCUT2D eigenvalue weighted by atomic mass is 16.6. The first-order valence-electron chi connectivity index (χ1n) is 8.08. The number of rotatable bonds is 3. The molecular weight excluding hydrogens is 328 g/mol. The molecule has 0 unspecified atom stereocenters. The summed E-state index contributed by atoms with van der Waals surface area (Å²) in [5.74, 6) is 0.482. The van der Waals surface area contributed by atoms with Crippen molar-refractivity contribution in [2.24, 2.45) is 0 Å². The summed E-state index contributed by atoms with van der Waals surface area (Å²) >= 11 is 0. The first kappa shape index (κ1) is 15.8. The predicted octanol–water partition coefficient (Wildman–Crippen LogP) is 5.11. The van der Waals surface area contributed by atoms with Crippen LogP contribution in [0.3, 0.4) is 0 Å². The maximum absolute atomic E-state index is 11.5. The highest BCUT2D eigenvalue weighted by Gasteiger charge is 2.21. The van der Waals surface area contributed by atoms with Crippen molar-refractivity contribution < 1.29 is 9.66 Å². The third-order valence-corrected chi connectivity index (χ3v) is 4.11. The minimum atomic E-state index is -0.389. The zero-order valence-corrected chi connectivity index (χ0v) is 13.7. The second-order valence-electron chi connectivity index (χ2n) is 5.71. The lowest BCUT2D eigenvalue weighted by molar-refractivity contribution is -0.385. The molecule has 0 radical (unpaired) electrons. The van der Waals surface area contributed by atoms with Crippen molar-refractivity contribution in [1.82, 2.24) is 4.98 Å². The van der Waals surface area contributed by atoms with Gasteiger partial charge >= 0.3 is 0 Å². The van der Waals surface area contributed by atoms with Crippen LogP contribution in [-0.4, -0.2) is 9.91 Å². The van der Waals surface area contributed by atoms with Crippen LogP contribution in [-0.2, 0) is 4.74 Å². The quantitative estimate of drug-likeness (QED) is 0.490. The fourth-order valence-corrected chi connectivity index (χ4v) is 2.91. The minimum absolute atomic E-state index is 0.0240. The van der Waals surface area contributed by atoms with E-state index in [-0.39, 0.29) is 10.6 Å². The number of ether oxygens (including phenoxy) is 1. The summed E-state index contributed by atoms with van der Waals surface area (Å²) in [4.78, 5) is 15.7. The Balaban J connectivity index is 1.96. The molecule has 0 N–H and O–H groups in total. The fourth-order valence-electron chi connectivity index (χ4n) is 2.91. The van der Waals surface area contributed by atoms with Gasteiger partial charge in [-0.1, -0.05) is 48.6 Å². The van der Waals surface area contributed by atoms with Crippen LogP contribution in [0, 0.1) is 10.1 Å². The molecule has 0 bridgehead atoms. The Morgan fingerprint density at radius 2 is 1.73 bits per heavy atom. The van der Waals surface area contributed by atoms with Gasteiger partial charge in [-0.15, -0.1) is 0 Å². The third-order valence-electron chi connectivity index (χ3n) is 4.11. The number of nitro benzene ring substituents is 1.